The van der Waals surface area contributed by atoms with Gasteiger partial charge in [0, 0.05) is 23.7 Å². The fourth-order valence-electron chi connectivity index (χ4n) is 2.99. The summed E-state index contributed by atoms with van der Waals surface area (Å²) in [6.45, 7) is 0.550. The van der Waals surface area contributed by atoms with Crippen molar-refractivity contribution in [1.29, 1.82) is 0 Å². The van der Waals surface area contributed by atoms with Crippen LogP contribution in [0.2, 0.25) is 5.02 Å². The molecule has 122 valence electrons. The zero-order valence-electron chi connectivity index (χ0n) is 12.9. The highest BCUT2D eigenvalue weighted by Gasteiger charge is 2.30. The fourth-order valence-corrected chi connectivity index (χ4v) is 4.92. The predicted molar refractivity (Wildman–Crippen MR) is 94.6 cm³/mol. The van der Waals surface area contributed by atoms with Crippen LogP contribution in [-0.2, 0) is 16.4 Å². The quantitative estimate of drug-likeness (QED) is 0.737. The van der Waals surface area contributed by atoms with E-state index in [0.29, 0.717) is 35.7 Å². The molecular formula is C18H20ClNO2S. The van der Waals surface area contributed by atoms with Crippen LogP contribution in [0.5, 0.6) is 0 Å². The van der Waals surface area contributed by atoms with E-state index in [0.717, 1.165) is 24.1 Å². The fraction of sp³-hybridized carbons (Fsp3) is 0.333. The molecule has 0 N–H and O–H groups in total. The topological polar surface area (TPSA) is 37.4 Å². The van der Waals surface area contributed by atoms with Crippen LogP contribution in [0.25, 0.3) is 0 Å². The molecule has 2 aliphatic rings. The molecule has 0 bridgehead atoms. The van der Waals surface area contributed by atoms with Crippen LogP contribution in [0.3, 0.4) is 0 Å². The molecule has 0 radical (unpaired) electrons. The first-order chi connectivity index (χ1) is 11.1. The Bertz CT molecular complexity index is 778. The van der Waals surface area contributed by atoms with Crippen LogP contribution in [0.4, 0.5) is 0 Å². The lowest BCUT2D eigenvalue weighted by Gasteiger charge is -2.24. The van der Waals surface area contributed by atoms with Gasteiger partial charge in [-0.25, -0.2) is 8.42 Å². The van der Waals surface area contributed by atoms with Gasteiger partial charge in [0.15, 0.2) is 0 Å². The molecule has 23 heavy (non-hydrogen) atoms. The molecule has 0 spiro atoms. The van der Waals surface area contributed by atoms with Crippen LogP contribution < -0.4 is 0 Å². The number of allylic oxidation sites excluding steroid dienone is 5. The zero-order valence-corrected chi connectivity index (χ0v) is 14.5. The molecule has 1 aromatic carbocycles. The van der Waals surface area contributed by atoms with Gasteiger partial charge in [-0.3, -0.25) is 4.31 Å². The molecule has 0 amide bonds. The lowest BCUT2D eigenvalue weighted by Crippen LogP contribution is -2.29. The predicted octanol–water partition coefficient (Wildman–Crippen LogP) is 4.43. The second-order valence-electron chi connectivity index (χ2n) is 5.77. The largest absolute Gasteiger partial charge is 0.270 e. The Hall–Kier alpha value is -1.52. The summed E-state index contributed by atoms with van der Waals surface area (Å²) >= 11 is 6.01. The number of aryl methyl sites for hydroxylation is 1. The number of hydrogen-bond acceptors (Lipinski definition) is 2. The van der Waals surface area contributed by atoms with Gasteiger partial charge in [0.25, 0.3) is 10.0 Å². The monoisotopic (exact) mass is 349 g/mol. The van der Waals surface area contributed by atoms with Gasteiger partial charge in [-0.1, -0.05) is 48.0 Å². The van der Waals surface area contributed by atoms with Crippen molar-refractivity contribution in [3.63, 3.8) is 0 Å². The molecule has 0 fully saturated rings. The van der Waals surface area contributed by atoms with Crippen molar-refractivity contribution in [2.24, 2.45) is 0 Å². The SMILES string of the molecule is O=S(=O)(C1=CCC=CC1)N1CCC=C1CCc1cccc(Cl)c1. The number of sulfonamides is 1. The van der Waals surface area contributed by atoms with Crippen molar-refractivity contribution in [3.05, 3.63) is 69.8 Å². The molecule has 0 atom stereocenters. The first-order valence-electron chi connectivity index (χ1n) is 7.87. The van der Waals surface area contributed by atoms with Crippen molar-refractivity contribution in [2.45, 2.75) is 32.1 Å². The molecule has 5 heteroatoms. The Kier molecular flexibility index (Phi) is 4.93. The van der Waals surface area contributed by atoms with E-state index < -0.39 is 10.0 Å². The summed E-state index contributed by atoms with van der Waals surface area (Å²) in [4.78, 5) is 0.524. The molecule has 0 saturated heterocycles. The summed E-state index contributed by atoms with van der Waals surface area (Å²) in [5, 5.41) is 0.714. The zero-order chi connectivity index (χ0) is 16.3. The van der Waals surface area contributed by atoms with E-state index in [2.05, 4.69) is 0 Å². The smallest absolute Gasteiger partial charge is 0.260 e. The third-order valence-electron chi connectivity index (χ3n) is 4.18. The van der Waals surface area contributed by atoms with E-state index in [4.69, 9.17) is 11.6 Å². The summed E-state index contributed by atoms with van der Waals surface area (Å²) < 4.78 is 27.2. The van der Waals surface area contributed by atoms with Gasteiger partial charge < -0.3 is 0 Å². The Morgan fingerprint density at radius 2 is 2.00 bits per heavy atom. The number of benzene rings is 1. The Morgan fingerprint density at radius 1 is 1.13 bits per heavy atom. The van der Waals surface area contributed by atoms with E-state index in [-0.39, 0.29) is 0 Å². The van der Waals surface area contributed by atoms with Crippen molar-refractivity contribution in [2.75, 3.05) is 6.54 Å². The van der Waals surface area contributed by atoms with Gasteiger partial charge in [0.1, 0.15) is 0 Å². The summed E-state index contributed by atoms with van der Waals surface area (Å²) in [6.07, 6.45) is 11.3. The average molecular weight is 350 g/mol. The Morgan fingerprint density at radius 3 is 2.74 bits per heavy atom. The molecule has 1 aromatic rings. The second kappa shape index (κ2) is 6.93. The lowest BCUT2D eigenvalue weighted by molar-refractivity contribution is 0.494. The highest BCUT2D eigenvalue weighted by atomic mass is 35.5. The number of rotatable bonds is 5. The van der Waals surface area contributed by atoms with Crippen molar-refractivity contribution >= 4 is 21.6 Å². The minimum atomic E-state index is -3.37. The molecule has 0 saturated carbocycles. The van der Waals surface area contributed by atoms with Gasteiger partial charge >= 0.3 is 0 Å². The molecule has 0 unspecified atom stereocenters. The third-order valence-corrected chi connectivity index (χ3v) is 6.41. The molecule has 1 aliphatic heterocycles. The number of nitrogens with zero attached hydrogens (tertiary/aromatic N) is 1. The van der Waals surface area contributed by atoms with E-state index in [1.54, 1.807) is 4.31 Å². The standard InChI is InChI=1S/C18H20ClNO2S/c19-16-7-4-6-15(14-16)11-12-17-8-5-13-20(17)23(21,22)18-9-2-1-3-10-18/h1-2,4,6-8,10,14H,3,5,9,11-13H2. The van der Waals surface area contributed by atoms with Crippen LogP contribution in [0, 0.1) is 0 Å². The maximum atomic E-state index is 12.8. The molecule has 1 heterocycles. The van der Waals surface area contributed by atoms with Crippen LogP contribution >= 0.6 is 11.6 Å². The summed E-state index contributed by atoms with van der Waals surface area (Å²) in [5.41, 5.74) is 2.03. The Balaban J connectivity index is 1.71. The average Bonchev–Trinajstić information content (AvgIpc) is 3.03. The molecule has 3 nitrogen and oxygen atoms in total. The molecule has 3 rings (SSSR count). The van der Waals surface area contributed by atoms with Gasteiger partial charge in [-0.15, -0.1) is 0 Å². The van der Waals surface area contributed by atoms with E-state index in [1.165, 1.54) is 0 Å². The van der Waals surface area contributed by atoms with E-state index >= 15 is 0 Å². The summed E-state index contributed by atoms with van der Waals surface area (Å²) in [6, 6.07) is 7.73. The van der Waals surface area contributed by atoms with Gasteiger partial charge in [0.2, 0.25) is 0 Å². The molecule has 1 aliphatic carbocycles. The molecule has 0 aromatic heterocycles. The van der Waals surface area contributed by atoms with Crippen LogP contribution in [0.15, 0.2) is 59.2 Å². The van der Waals surface area contributed by atoms with Crippen molar-refractivity contribution < 1.29 is 8.42 Å². The Labute approximate surface area is 143 Å². The van der Waals surface area contributed by atoms with Gasteiger partial charge in [0.05, 0.1) is 4.91 Å². The van der Waals surface area contributed by atoms with Gasteiger partial charge in [-0.2, -0.15) is 0 Å². The van der Waals surface area contributed by atoms with Crippen LogP contribution in [0.1, 0.15) is 31.2 Å². The number of halogens is 1. The second-order valence-corrected chi connectivity index (χ2v) is 8.12. The van der Waals surface area contributed by atoms with Gasteiger partial charge in [-0.05, 0) is 43.4 Å². The normalized spacial score (nSPS) is 18.0. The minimum Gasteiger partial charge on any atom is -0.270 e. The minimum absolute atomic E-state index is 0.500. The maximum absolute atomic E-state index is 12.8. The highest BCUT2D eigenvalue weighted by molar-refractivity contribution is 7.93. The third kappa shape index (κ3) is 3.70. The van der Waals surface area contributed by atoms with Crippen LogP contribution in [-0.4, -0.2) is 19.3 Å². The van der Waals surface area contributed by atoms with Crippen molar-refractivity contribution in [3.8, 4) is 0 Å². The van der Waals surface area contributed by atoms with E-state index in [9.17, 15) is 8.42 Å². The number of hydrogen-bond donors (Lipinski definition) is 0. The molecular weight excluding hydrogens is 330 g/mol. The first-order valence-corrected chi connectivity index (χ1v) is 9.69. The summed E-state index contributed by atoms with van der Waals surface area (Å²) in [7, 11) is -3.37. The summed E-state index contributed by atoms with van der Waals surface area (Å²) in [5.74, 6) is 0. The maximum Gasteiger partial charge on any atom is 0.260 e. The lowest BCUT2D eigenvalue weighted by atomic mass is 10.1. The van der Waals surface area contributed by atoms with E-state index in [1.807, 2.05) is 48.6 Å². The first kappa shape index (κ1) is 16.3. The highest BCUT2D eigenvalue weighted by Crippen LogP contribution is 2.30. The van der Waals surface area contributed by atoms with Crippen molar-refractivity contribution in [1.82, 2.24) is 4.31 Å².